The molecule has 0 amide bonds. The Labute approximate surface area is 208 Å². The lowest BCUT2D eigenvalue weighted by molar-refractivity contribution is 1.28. The van der Waals surface area contributed by atoms with Gasteiger partial charge in [-0.1, -0.05) is 112 Å². The van der Waals surface area contributed by atoms with Gasteiger partial charge in [0.15, 0.2) is 0 Å². The van der Waals surface area contributed by atoms with Crippen LogP contribution in [0.25, 0.3) is 22.3 Å². The van der Waals surface area contributed by atoms with Crippen molar-refractivity contribution in [2.24, 2.45) is 0 Å². The summed E-state index contributed by atoms with van der Waals surface area (Å²) in [5, 5.41) is 0.686. The minimum absolute atomic E-state index is 0.686. The number of benzene rings is 5. The molecule has 160 valence electrons. The average Bonchev–Trinajstić information content (AvgIpc) is 2.86. The van der Waals surface area contributed by atoms with Gasteiger partial charge in [0.05, 0.1) is 0 Å². The summed E-state index contributed by atoms with van der Waals surface area (Å²) in [7, 11) is 0. The summed E-state index contributed by atoms with van der Waals surface area (Å²) in [5.74, 6) is 0. The lowest BCUT2D eigenvalue weighted by atomic mass is 10.0. The van der Waals surface area contributed by atoms with E-state index in [1.807, 2.05) is 24.3 Å². The summed E-state index contributed by atoms with van der Waals surface area (Å²) in [4.78, 5) is 2.22. The highest BCUT2D eigenvalue weighted by molar-refractivity contribution is 9.10. The van der Waals surface area contributed by atoms with Gasteiger partial charge in [-0.05, 0) is 64.7 Å². The lowest BCUT2D eigenvalue weighted by Gasteiger charge is -2.26. The molecule has 5 rings (SSSR count). The molecule has 5 aromatic carbocycles. The second-order valence-corrected chi connectivity index (χ2v) is 9.14. The zero-order valence-corrected chi connectivity index (χ0v) is 20.2. The van der Waals surface area contributed by atoms with Gasteiger partial charge >= 0.3 is 0 Å². The third-order valence-electron chi connectivity index (χ3n) is 5.57. The summed E-state index contributed by atoms with van der Waals surface area (Å²) in [5.41, 5.74) is 7.90. The van der Waals surface area contributed by atoms with Gasteiger partial charge in [-0.3, -0.25) is 0 Å². The van der Waals surface area contributed by atoms with Crippen LogP contribution < -0.4 is 4.90 Å². The second kappa shape index (κ2) is 9.66. The van der Waals surface area contributed by atoms with Crippen molar-refractivity contribution in [3.8, 4) is 22.3 Å². The van der Waals surface area contributed by atoms with Gasteiger partial charge in [-0.25, -0.2) is 0 Å². The summed E-state index contributed by atoms with van der Waals surface area (Å²) >= 11 is 10.0. The lowest BCUT2D eigenvalue weighted by Crippen LogP contribution is -2.10. The van der Waals surface area contributed by atoms with Crippen LogP contribution in [0.15, 0.2) is 132 Å². The topological polar surface area (TPSA) is 3.24 Å². The Hall–Kier alpha value is -3.33. The molecule has 33 heavy (non-hydrogen) atoms. The van der Waals surface area contributed by atoms with Crippen molar-refractivity contribution in [1.82, 2.24) is 0 Å². The van der Waals surface area contributed by atoms with Crippen molar-refractivity contribution in [3.63, 3.8) is 0 Å². The van der Waals surface area contributed by atoms with Crippen LogP contribution in [0.4, 0.5) is 17.1 Å². The van der Waals surface area contributed by atoms with Gasteiger partial charge in [-0.15, -0.1) is 0 Å². The predicted molar refractivity (Wildman–Crippen MR) is 145 cm³/mol. The van der Waals surface area contributed by atoms with Crippen LogP contribution in [0.2, 0.25) is 5.02 Å². The maximum atomic E-state index is 6.42. The van der Waals surface area contributed by atoms with Gasteiger partial charge in [0.2, 0.25) is 0 Å². The molecule has 0 saturated carbocycles. The third kappa shape index (κ3) is 4.88. The number of hydrogen-bond acceptors (Lipinski definition) is 1. The molecule has 0 saturated heterocycles. The minimum atomic E-state index is 0.686. The second-order valence-electron chi connectivity index (χ2n) is 7.79. The predicted octanol–water partition coefficient (Wildman–Crippen LogP) is 9.91. The first-order valence-corrected chi connectivity index (χ1v) is 11.9. The van der Waals surface area contributed by atoms with Crippen molar-refractivity contribution in [3.05, 3.63) is 137 Å². The van der Waals surface area contributed by atoms with Crippen molar-refractivity contribution < 1.29 is 0 Å². The van der Waals surface area contributed by atoms with E-state index >= 15 is 0 Å². The smallest absolute Gasteiger partial charge is 0.0487 e. The minimum Gasteiger partial charge on any atom is -0.310 e. The first kappa shape index (κ1) is 21.5. The fraction of sp³-hybridized carbons (Fsp3) is 0. The number of anilines is 3. The van der Waals surface area contributed by atoms with Gasteiger partial charge in [0.1, 0.15) is 0 Å². The molecule has 0 spiro atoms. The maximum absolute atomic E-state index is 6.42. The van der Waals surface area contributed by atoms with Gasteiger partial charge in [-0.2, -0.15) is 0 Å². The van der Waals surface area contributed by atoms with E-state index < -0.39 is 0 Å². The molecule has 3 heteroatoms. The normalized spacial score (nSPS) is 10.7. The molecule has 0 fully saturated rings. The highest BCUT2D eigenvalue weighted by Gasteiger charge is 2.14. The number of halogens is 2. The fourth-order valence-electron chi connectivity index (χ4n) is 3.98. The standard InChI is InChI=1S/C30H21BrClN/c31-26-19-27(32)21-30(20-26)33(28-15-11-24(12-16-28)22-7-3-1-4-8-22)29-17-13-25(14-18-29)23-9-5-2-6-10-23/h1-21H. The molecule has 0 atom stereocenters. The highest BCUT2D eigenvalue weighted by Crippen LogP contribution is 2.38. The van der Waals surface area contributed by atoms with E-state index in [1.54, 1.807) is 0 Å². The van der Waals surface area contributed by atoms with E-state index in [1.165, 1.54) is 22.3 Å². The van der Waals surface area contributed by atoms with E-state index in [9.17, 15) is 0 Å². The fourth-order valence-corrected chi connectivity index (χ4v) is 4.82. The van der Waals surface area contributed by atoms with Crippen LogP contribution in [-0.4, -0.2) is 0 Å². The monoisotopic (exact) mass is 509 g/mol. The molecule has 0 unspecified atom stereocenters. The Balaban J connectivity index is 1.57. The van der Waals surface area contributed by atoms with E-state index in [2.05, 4.69) is 124 Å². The van der Waals surface area contributed by atoms with E-state index in [-0.39, 0.29) is 0 Å². The summed E-state index contributed by atoms with van der Waals surface area (Å²) in [6, 6.07) is 44.1. The zero-order chi connectivity index (χ0) is 22.6. The molecule has 0 aromatic heterocycles. The number of nitrogens with zero attached hydrogens (tertiary/aromatic N) is 1. The highest BCUT2D eigenvalue weighted by atomic mass is 79.9. The molecule has 0 heterocycles. The molecular formula is C30H21BrClN. The molecule has 5 aromatic rings. The van der Waals surface area contributed by atoms with Crippen LogP contribution in [0.5, 0.6) is 0 Å². The van der Waals surface area contributed by atoms with E-state index in [0.29, 0.717) is 5.02 Å². The van der Waals surface area contributed by atoms with Crippen molar-refractivity contribution >= 4 is 44.6 Å². The van der Waals surface area contributed by atoms with E-state index in [4.69, 9.17) is 11.6 Å². The molecule has 1 nitrogen and oxygen atoms in total. The van der Waals surface area contributed by atoms with Gasteiger partial charge in [0.25, 0.3) is 0 Å². The van der Waals surface area contributed by atoms with Gasteiger partial charge < -0.3 is 4.90 Å². The summed E-state index contributed by atoms with van der Waals surface area (Å²) in [6.45, 7) is 0. The quantitative estimate of drug-likeness (QED) is 0.227. The summed E-state index contributed by atoms with van der Waals surface area (Å²) in [6.07, 6.45) is 0. The Morgan fingerprint density at radius 1 is 0.455 bits per heavy atom. The first-order chi connectivity index (χ1) is 16.2. The third-order valence-corrected chi connectivity index (χ3v) is 6.25. The number of hydrogen-bond donors (Lipinski definition) is 0. The Kier molecular flexibility index (Phi) is 6.30. The SMILES string of the molecule is Clc1cc(Br)cc(N(c2ccc(-c3ccccc3)cc2)c2ccc(-c3ccccc3)cc2)c1. The van der Waals surface area contributed by atoms with Crippen LogP contribution >= 0.6 is 27.5 Å². The maximum Gasteiger partial charge on any atom is 0.0487 e. The largest absolute Gasteiger partial charge is 0.310 e. The van der Waals surface area contributed by atoms with Gasteiger partial charge in [0, 0.05) is 26.6 Å². The zero-order valence-electron chi connectivity index (χ0n) is 17.8. The Bertz CT molecular complexity index is 1250. The molecular weight excluding hydrogens is 490 g/mol. The van der Waals surface area contributed by atoms with Crippen molar-refractivity contribution in [1.29, 1.82) is 0 Å². The summed E-state index contributed by atoms with van der Waals surface area (Å²) < 4.78 is 0.941. The van der Waals surface area contributed by atoms with Crippen molar-refractivity contribution in [2.45, 2.75) is 0 Å². The molecule has 0 N–H and O–H groups in total. The molecule has 0 aliphatic rings. The van der Waals surface area contributed by atoms with Crippen LogP contribution in [0.3, 0.4) is 0 Å². The molecule has 0 aliphatic heterocycles. The van der Waals surface area contributed by atoms with E-state index in [0.717, 1.165) is 21.5 Å². The number of rotatable bonds is 5. The Morgan fingerprint density at radius 3 is 1.30 bits per heavy atom. The Morgan fingerprint density at radius 2 is 0.879 bits per heavy atom. The average molecular weight is 511 g/mol. The van der Waals surface area contributed by atoms with Crippen LogP contribution in [0.1, 0.15) is 0 Å². The molecule has 0 bridgehead atoms. The van der Waals surface area contributed by atoms with Crippen molar-refractivity contribution in [2.75, 3.05) is 4.90 Å². The molecule has 0 aliphatic carbocycles. The van der Waals surface area contributed by atoms with Crippen LogP contribution in [-0.2, 0) is 0 Å². The molecule has 0 radical (unpaired) electrons. The first-order valence-electron chi connectivity index (χ1n) is 10.7. The van der Waals surface area contributed by atoms with Crippen LogP contribution in [0, 0.1) is 0 Å².